The van der Waals surface area contributed by atoms with Crippen LogP contribution in [0.25, 0.3) is 0 Å². The predicted molar refractivity (Wildman–Crippen MR) is 74.3 cm³/mol. The summed E-state index contributed by atoms with van der Waals surface area (Å²) in [4.78, 5) is 0. The zero-order valence-corrected chi connectivity index (χ0v) is 11.9. The molecule has 1 nitrogen and oxygen atoms in total. The molecule has 0 radical (unpaired) electrons. The second-order valence-corrected chi connectivity index (χ2v) is 5.10. The fourth-order valence-corrected chi connectivity index (χ4v) is 2.28. The molecule has 18 heavy (non-hydrogen) atoms. The van der Waals surface area contributed by atoms with Gasteiger partial charge in [-0.1, -0.05) is 40.2 Å². The molecule has 94 valence electrons. The molecule has 0 aromatic heterocycles. The van der Waals surface area contributed by atoms with E-state index in [4.69, 9.17) is 4.74 Å². The van der Waals surface area contributed by atoms with E-state index in [9.17, 15) is 4.39 Å². The smallest absolute Gasteiger partial charge is 0.125 e. The van der Waals surface area contributed by atoms with Crippen molar-refractivity contribution in [2.45, 2.75) is 20.5 Å². The molecule has 2 aromatic rings. The number of rotatable bonds is 3. The van der Waals surface area contributed by atoms with Gasteiger partial charge in [-0.3, -0.25) is 0 Å². The number of hydrogen-bond acceptors (Lipinski definition) is 1. The van der Waals surface area contributed by atoms with Crippen LogP contribution in [0.4, 0.5) is 4.39 Å². The molecule has 2 rings (SSSR count). The van der Waals surface area contributed by atoms with Gasteiger partial charge < -0.3 is 4.74 Å². The lowest BCUT2D eigenvalue weighted by Gasteiger charge is -2.12. The van der Waals surface area contributed by atoms with Crippen LogP contribution in [0.5, 0.6) is 5.75 Å². The molecule has 0 amide bonds. The topological polar surface area (TPSA) is 9.23 Å². The fourth-order valence-electron chi connectivity index (χ4n) is 1.82. The first-order chi connectivity index (χ1) is 8.58. The summed E-state index contributed by atoms with van der Waals surface area (Å²) in [6.07, 6.45) is 0. The van der Waals surface area contributed by atoms with Gasteiger partial charge in [0.25, 0.3) is 0 Å². The zero-order valence-electron chi connectivity index (χ0n) is 10.3. The van der Waals surface area contributed by atoms with Gasteiger partial charge in [0.15, 0.2) is 0 Å². The van der Waals surface area contributed by atoms with Gasteiger partial charge in [-0.15, -0.1) is 0 Å². The van der Waals surface area contributed by atoms with Crippen molar-refractivity contribution >= 4 is 15.9 Å². The molecule has 0 fully saturated rings. The Bertz CT molecular complexity index is 546. The molecule has 0 aliphatic carbocycles. The summed E-state index contributed by atoms with van der Waals surface area (Å²) < 4.78 is 19.5. The minimum Gasteiger partial charge on any atom is -0.488 e. The van der Waals surface area contributed by atoms with E-state index < -0.39 is 0 Å². The van der Waals surface area contributed by atoms with E-state index in [2.05, 4.69) is 15.9 Å². The van der Waals surface area contributed by atoms with E-state index in [1.54, 1.807) is 6.07 Å². The van der Waals surface area contributed by atoms with Crippen LogP contribution >= 0.6 is 15.9 Å². The summed E-state index contributed by atoms with van der Waals surface area (Å²) in [6, 6.07) is 10.7. The maximum Gasteiger partial charge on any atom is 0.125 e. The average molecular weight is 309 g/mol. The van der Waals surface area contributed by atoms with Crippen molar-refractivity contribution in [2.24, 2.45) is 0 Å². The highest BCUT2D eigenvalue weighted by molar-refractivity contribution is 9.10. The van der Waals surface area contributed by atoms with Crippen molar-refractivity contribution in [3.05, 3.63) is 63.4 Å². The van der Waals surface area contributed by atoms with Crippen LogP contribution in [0.15, 0.2) is 40.9 Å². The van der Waals surface area contributed by atoms with E-state index in [1.165, 1.54) is 12.1 Å². The number of benzene rings is 2. The summed E-state index contributed by atoms with van der Waals surface area (Å²) in [5.74, 6) is 0.645. The number of para-hydroxylation sites is 1. The Balaban J connectivity index is 2.16. The second kappa shape index (κ2) is 5.53. The summed E-state index contributed by atoms with van der Waals surface area (Å²) >= 11 is 3.34. The van der Waals surface area contributed by atoms with Crippen LogP contribution in [0.1, 0.15) is 16.7 Å². The van der Waals surface area contributed by atoms with Gasteiger partial charge in [-0.25, -0.2) is 4.39 Å². The van der Waals surface area contributed by atoms with Gasteiger partial charge in [0.2, 0.25) is 0 Å². The average Bonchev–Trinajstić information content (AvgIpc) is 2.31. The van der Waals surface area contributed by atoms with Gasteiger partial charge >= 0.3 is 0 Å². The van der Waals surface area contributed by atoms with Crippen molar-refractivity contribution in [3.8, 4) is 5.75 Å². The molecule has 0 bridgehead atoms. The third-order valence-corrected chi connectivity index (χ3v) is 3.53. The van der Waals surface area contributed by atoms with Crippen molar-refractivity contribution in [3.63, 3.8) is 0 Å². The van der Waals surface area contributed by atoms with Crippen molar-refractivity contribution in [1.29, 1.82) is 0 Å². The normalized spacial score (nSPS) is 10.4. The molecule has 0 heterocycles. The summed E-state index contributed by atoms with van der Waals surface area (Å²) in [5, 5.41) is 0. The van der Waals surface area contributed by atoms with Gasteiger partial charge in [-0.05, 0) is 37.1 Å². The third kappa shape index (κ3) is 2.91. The van der Waals surface area contributed by atoms with E-state index in [-0.39, 0.29) is 5.82 Å². The highest BCUT2D eigenvalue weighted by atomic mass is 79.9. The fraction of sp³-hybridized carbons (Fsp3) is 0.200. The number of halogens is 2. The monoisotopic (exact) mass is 308 g/mol. The van der Waals surface area contributed by atoms with Crippen LogP contribution in [-0.2, 0) is 6.61 Å². The minimum atomic E-state index is -0.252. The van der Waals surface area contributed by atoms with E-state index in [1.807, 2.05) is 32.0 Å². The number of aryl methyl sites for hydroxylation is 2. The molecule has 3 heteroatoms. The lowest BCUT2D eigenvalue weighted by molar-refractivity contribution is 0.301. The van der Waals surface area contributed by atoms with Crippen LogP contribution in [0.2, 0.25) is 0 Å². The summed E-state index contributed by atoms with van der Waals surface area (Å²) in [7, 11) is 0. The van der Waals surface area contributed by atoms with Crippen molar-refractivity contribution in [2.75, 3.05) is 0 Å². The Kier molecular flexibility index (Phi) is 4.02. The van der Waals surface area contributed by atoms with Gasteiger partial charge in [0, 0.05) is 10.0 Å². The van der Waals surface area contributed by atoms with E-state index >= 15 is 0 Å². The van der Waals surface area contributed by atoms with Crippen molar-refractivity contribution < 1.29 is 9.13 Å². The lowest BCUT2D eigenvalue weighted by Crippen LogP contribution is -1.99. The van der Waals surface area contributed by atoms with E-state index in [0.29, 0.717) is 6.61 Å². The first-order valence-electron chi connectivity index (χ1n) is 5.71. The highest BCUT2D eigenvalue weighted by Gasteiger charge is 2.06. The SMILES string of the molecule is Cc1cccc(C)c1OCc1ccc(F)cc1Br. The molecular formula is C15H14BrFO. The Morgan fingerprint density at radius 2 is 1.78 bits per heavy atom. The van der Waals surface area contributed by atoms with Gasteiger partial charge in [-0.2, -0.15) is 0 Å². The first-order valence-corrected chi connectivity index (χ1v) is 6.50. The molecular weight excluding hydrogens is 295 g/mol. The molecule has 0 atom stereocenters. The Labute approximate surface area is 115 Å². The standard InChI is InChI=1S/C15H14BrFO/c1-10-4-3-5-11(2)15(10)18-9-12-6-7-13(17)8-14(12)16/h3-8H,9H2,1-2H3. The van der Waals surface area contributed by atoms with Crippen LogP contribution in [0, 0.1) is 19.7 Å². The zero-order chi connectivity index (χ0) is 13.1. The maximum atomic E-state index is 13.0. The largest absolute Gasteiger partial charge is 0.488 e. The quantitative estimate of drug-likeness (QED) is 0.792. The molecule has 0 aliphatic heterocycles. The van der Waals surface area contributed by atoms with Crippen LogP contribution in [-0.4, -0.2) is 0 Å². The second-order valence-electron chi connectivity index (χ2n) is 4.25. The molecule has 0 unspecified atom stereocenters. The Morgan fingerprint density at radius 3 is 2.39 bits per heavy atom. The third-order valence-electron chi connectivity index (χ3n) is 2.80. The van der Waals surface area contributed by atoms with Gasteiger partial charge in [0.1, 0.15) is 18.2 Å². The minimum absolute atomic E-state index is 0.252. The summed E-state index contributed by atoms with van der Waals surface area (Å²) in [6.45, 7) is 4.45. The molecule has 2 aromatic carbocycles. The van der Waals surface area contributed by atoms with Crippen LogP contribution < -0.4 is 4.74 Å². The first kappa shape index (κ1) is 13.1. The molecule has 0 saturated heterocycles. The predicted octanol–water partition coefficient (Wildman–Crippen LogP) is 4.78. The molecule has 0 spiro atoms. The van der Waals surface area contributed by atoms with Gasteiger partial charge in [0.05, 0.1) is 0 Å². The van der Waals surface area contributed by atoms with E-state index in [0.717, 1.165) is 26.9 Å². The van der Waals surface area contributed by atoms with Crippen LogP contribution in [0.3, 0.4) is 0 Å². The molecule has 0 aliphatic rings. The number of ether oxygens (including phenoxy) is 1. The molecule has 0 N–H and O–H groups in total. The summed E-state index contributed by atoms with van der Waals surface area (Å²) in [5.41, 5.74) is 3.14. The number of hydrogen-bond donors (Lipinski definition) is 0. The Morgan fingerprint density at radius 1 is 1.11 bits per heavy atom. The maximum absolute atomic E-state index is 13.0. The highest BCUT2D eigenvalue weighted by Crippen LogP contribution is 2.25. The van der Waals surface area contributed by atoms with Crippen molar-refractivity contribution in [1.82, 2.24) is 0 Å². The molecule has 0 saturated carbocycles. The lowest BCUT2D eigenvalue weighted by atomic mass is 10.1. The Hall–Kier alpha value is -1.35.